The molecule has 0 aromatic carbocycles. The Morgan fingerprint density at radius 1 is 1.50 bits per heavy atom. The molecule has 5 nitrogen and oxygen atoms in total. The molecule has 0 fully saturated rings. The molecule has 6 heteroatoms. The number of nitrogens with one attached hydrogen (secondary N) is 1. The van der Waals surface area contributed by atoms with Gasteiger partial charge in [-0.3, -0.25) is 4.79 Å². The summed E-state index contributed by atoms with van der Waals surface area (Å²) in [4.78, 5) is 21.2. The Morgan fingerprint density at radius 2 is 2.07 bits per heavy atom. The minimum absolute atomic E-state index is 0.0961. The van der Waals surface area contributed by atoms with Crippen molar-refractivity contribution in [3.8, 4) is 0 Å². The van der Waals surface area contributed by atoms with Gasteiger partial charge in [0.1, 0.15) is 6.61 Å². The minimum atomic E-state index is -0.835. The number of carbonyl (C=O) groups is 2. The monoisotopic (exact) mass is 266 g/mol. The molecule has 0 aromatic heterocycles. The van der Waals surface area contributed by atoms with Crippen LogP contribution in [-0.2, 0) is 9.53 Å². The Balaban J connectivity index is 3.59. The number of alkyl halides is 1. The van der Waals surface area contributed by atoms with E-state index in [9.17, 15) is 9.59 Å². The Hall–Kier alpha value is -0.780. The number of halogens is 1. The van der Waals surface area contributed by atoms with Crippen molar-refractivity contribution in [2.75, 3.05) is 13.2 Å². The molecule has 1 unspecified atom stereocenters. The van der Waals surface area contributed by atoms with E-state index in [1.54, 1.807) is 0 Å². The standard InChI is InChI=1S/C8H15BrN2O3/c1-5(2)6(9)7(12)11-3-4-14-8(10)13/h5-6H,3-4H2,1-2H3,(H2,10,13)(H,11,12). The highest BCUT2D eigenvalue weighted by atomic mass is 79.9. The molecule has 0 spiro atoms. The predicted octanol–water partition coefficient (Wildman–Crippen LogP) is 0.617. The van der Waals surface area contributed by atoms with Gasteiger partial charge in [-0.2, -0.15) is 0 Å². The third-order valence-electron chi connectivity index (χ3n) is 1.48. The molecule has 14 heavy (non-hydrogen) atoms. The van der Waals surface area contributed by atoms with Crippen LogP contribution in [0.3, 0.4) is 0 Å². The molecule has 0 saturated carbocycles. The lowest BCUT2D eigenvalue weighted by atomic mass is 10.1. The molecule has 0 aliphatic heterocycles. The van der Waals surface area contributed by atoms with E-state index >= 15 is 0 Å². The van der Waals surface area contributed by atoms with E-state index in [4.69, 9.17) is 5.73 Å². The lowest BCUT2D eigenvalue weighted by molar-refractivity contribution is -0.121. The number of ether oxygens (including phenoxy) is 1. The van der Waals surface area contributed by atoms with Crippen LogP contribution in [0.4, 0.5) is 4.79 Å². The molecule has 2 amide bonds. The second kappa shape index (κ2) is 6.64. The van der Waals surface area contributed by atoms with Gasteiger partial charge in [-0.25, -0.2) is 4.79 Å². The molecule has 0 rings (SSSR count). The topological polar surface area (TPSA) is 81.4 Å². The number of hydrogen-bond acceptors (Lipinski definition) is 3. The largest absolute Gasteiger partial charge is 0.448 e. The lowest BCUT2D eigenvalue weighted by Gasteiger charge is -2.13. The van der Waals surface area contributed by atoms with E-state index in [0.717, 1.165) is 0 Å². The molecule has 0 aliphatic carbocycles. The summed E-state index contributed by atoms with van der Waals surface area (Å²) in [5, 5.41) is 2.60. The van der Waals surface area contributed by atoms with Crippen LogP contribution in [0.5, 0.6) is 0 Å². The zero-order valence-electron chi connectivity index (χ0n) is 8.25. The number of amides is 2. The van der Waals surface area contributed by atoms with Gasteiger partial charge in [-0.05, 0) is 5.92 Å². The molecule has 1 atom stereocenters. The van der Waals surface area contributed by atoms with Crippen LogP contribution < -0.4 is 11.1 Å². The second-order valence-electron chi connectivity index (χ2n) is 3.10. The molecule has 82 valence electrons. The summed E-state index contributed by atoms with van der Waals surface area (Å²) in [7, 11) is 0. The first-order chi connectivity index (χ1) is 6.45. The molecule has 3 N–H and O–H groups in total. The van der Waals surface area contributed by atoms with Crippen molar-refractivity contribution in [2.45, 2.75) is 18.7 Å². The Bertz CT molecular complexity index is 209. The Labute approximate surface area is 91.5 Å². The van der Waals surface area contributed by atoms with E-state index in [0.29, 0.717) is 0 Å². The van der Waals surface area contributed by atoms with Crippen molar-refractivity contribution in [2.24, 2.45) is 11.7 Å². The zero-order chi connectivity index (χ0) is 11.1. The summed E-state index contributed by atoms with van der Waals surface area (Å²) in [6, 6.07) is 0. The Morgan fingerprint density at radius 3 is 2.50 bits per heavy atom. The fourth-order valence-corrected chi connectivity index (χ4v) is 0.888. The number of carbonyl (C=O) groups excluding carboxylic acids is 2. The van der Waals surface area contributed by atoms with E-state index in [1.807, 2.05) is 13.8 Å². The molecule has 0 aromatic rings. The first-order valence-corrected chi connectivity index (χ1v) is 5.20. The number of rotatable bonds is 5. The van der Waals surface area contributed by atoms with Crippen LogP contribution in [0.1, 0.15) is 13.8 Å². The van der Waals surface area contributed by atoms with Crippen LogP contribution in [0, 0.1) is 5.92 Å². The summed E-state index contributed by atoms with van der Waals surface area (Å²) in [5.41, 5.74) is 4.73. The van der Waals surface area contributed by atoms with E-state index in [-0.39, 0.29) is 29.8 Å². The fraction of sp³-hybridized carbons (Fsp3) is 0.750. The van der Waals surface area contributed by atoms with Gasteiger partial charge >= 0.3 is 6.09 Å². The minimum Gasteiger partial charge on any atom is -0.448 e. The van der Waals surface area contributed by atoms with Crippen LogP contribution in [0.25, 0.3) is 0 Å². The molecule has 0 aliphatic rings. The lowest BCUT2D eigenvalue weighted by Crippen LogP contribution is -2.36. The zero-order valence-corrected chi connectivity index (χ0v) is 9.83. The molecular weight excluding hydrogens is 252 g/mol. The highest BCUT2D eigenvalue weighted by molar-refractivity contribution is 9.10. The number of nitrogens with two attached hydrogens (primary N) is 1. The van der Waals surface area contributed by atoms with E-state index in [1.165, 1.54) is 0 Å². The predicted molar refractivity (Wildman–Crippen MR) is 56.1 cm³/mol. The second-order valence-corrected chi connectivity index (χ2v) is 4.09. The quantitative estimate of drug-likeness (QED) is 0.566. The molecule has 0 saturated heterocycles. The summed E-state index contributed by atoms with van der Waals surface area (Å²) in [5.74, 6) is 0.0973. The average molecular weight is 267 g/mol. The summed E-state index contributed by atoms with van der Waals surface area (Å²) in [6.07, 6.45) is -0.835. The van der Waals surface area contributed by atoms with Crippen molar-refractivity contribution >= 4 is 27.9 Å². The first-order valence-electron chi connectivity index (χ1n) is 4.29. The first kappa shape index (κ1) is 13.2. The third-order valence-corrected chi connectivity index (χ3v) is 2.95. The van der Waals surface area contributed by atoms with Crippen molar-refractivity contribution in [3.63, 3.8) is 0 Å². The number of primary amides is 1. The van der Waals surface area contributed by atoms with Crippen LogP contribution in [0.2, 0.25) is 0 Å². The summed E-state index contributed by atoms with van der Waals surface area (Å²) < 4.78 is 4.44. The van der Waals surface area contributed by atoms with Gasteiger partial charge in [-0.15, -0.1) is 0 Å². The molecule has 0 bridgehead atoms. The highest BCUT2D eigenvalue weighted by Gasteiger charge is 2.17. The van der Waals surface area contributed by atoms with Gasteiger partial charge in [0, 0.05) is 0 Å². The highest BCUT2D eigenvalue weighted by Crippen LogP contribution is 2.11. The van der Waals surface area contributed by atoms with Crippen LogP contribution in [-0.4, -0.2) is 30.0 Å². The van der Waals surface area contributed by atoms with Gasteiger partial charge in [-0.1, -0.05) is 29.8 Å². The van der Waals surface area contributed by atoms with Crippen molar-refractivity contribution in [1.82, 2.24) is 5.32 Å². The summed E-state index contributed by atoms with van der Waals surface area (Å²) in [6.45, 7) is 4.23. The maximum atomic E-state index is 11.3. The van der Waals surface area contributed by atoms with E-state index < -0.39 is 6.09 Å². The number of hydrogen-bond donors (Lipinski definition) is 2. The Kier molecular flexibility index (Phi) is 6.27. The fourth-order valence-electron chi connectivity index (χ4n) is 0.726. The van der Waals surface area contributed by atoms with Crippen molar-refractivity contribution < 1.29 is 14.3 Å². The van der Waals surface area contributed by atoms with Crippen molar-refractivity contribution in [1.29, 1.82) is 0 Å². The van der Waals surface area contributed by atoms with Gasteiger partial charge in [0.15, 0.2) is 0 Å². The summed E-state index contributed by atoms with van der Waals surface area (Å²) >= 11 is 3.24. The maximum absolute atomic E-state index is 11.3. The average Bonchev–Trinajstić information content (AvgIpc) is 2.10. The third kappa shape index (κ3) is 5.80. The maximum Gasteiger partial charge on any atom is 0.404 e. The van der Waals surface area contributed by atoms with Gasteiger partial charge in [0.05, 0.1) is 11.4 Å². The molecule has 0 heterocycles. The van der Waals surface area contributed by atoms with Crippen LogP contribution >= 0.6 is 15.9 Å². The normalized spacial score (nSPS) is 12.3. The smallest absolute Gasteiger partial charge is 0.404 e. The van der Waals surface area contributed by atoms with Crippen molar-refractivity contribution in [3.05, 3.63) is 0 Å². The molecular formula is C8H15BrN2O3. The van der Waals surface area contributed by atoms with E-state index in [2.05, 4.69) is 26.0 Å². The molecule has 0 radical (unpaired) electrons. The van der Waals surface area contributed by atoms with Gasteiger partial charge in [0.25, 0.3) is 0 Å². The van der Waals surface area contributed by atoms with Gasteiger partial charge in [0.2, 0.25) is 5.91 Å². The SMILES string of the molecule is CC(C)C(Br)C(=O)NCCOC(N)=O. The van der Waals surface area contributed by atoms with Gasteiger partial charge < -0.3 is 15.8 Å². The van der Waals surface area contributed by atoms with Crippen LogP contribution in [0.15, 0.2) is 0 Å².